The first-order valence-electron chi connectivity index (χ1n) is 3.42. The molecule has 0 saturated carbocycles. The minimum absolute atomic E-state index is 0. The van der Waals surface area contributed by atoms with E-state index in [1.807, 2.05) is 19.9 Å². The van der Waals surface area contributed by atoms with Crippen molar-refractivity contribution in [3.05, 3.63) is 34.9 Å². The van der Waals surface area contributed by atoms with Crippen molar-refractivity contribution in [2.75, 3.05) is 0 Å². The lowest BCUT2D eigenvalue weighted by molar-refractivity contribution is 0.0696. The van der Waals surface area contributed by atoms with Crippen LogP contribution in [0.3, 0.4) is 0 Å². The molecule has 0 aliphatic rings. The van der Waals surface area contributed by atoms with Crippen LogP contribution in [0.1, 0.15) is 21.5 Å². The molecule has 0 spiro atoms. The third kappa shape index (κ3) is 2.10. The molecule has 0 heterocycles. The Bertz CT molecular complexity index is 295. The lowest BCUT2D eigenvalue weighted by Crippen LogP contribution is -2.00. The van der Waals surface area contributed by atoms with Gasteiger partial charge in [-0.15, -0.1) is 0 Å². The van der Waals surface area contributed by atoms with Gasteiger partial charge in [-0.25, -0.2) is 4.79 Å². The quantitative estimate of drug-likeness (QED) is 0.649. The van der Waals surface area contributed by atoms with Crippen LogP contribution < -0.4 is 0 Å². The molecule has 0 radical (unpaired) electrons. The van der Waals surface area contributed by atoms with Gasteiger partial charge >= 0.3 is 5.97 Å². The SMILES string of the molecule is Cc1cccc(C(=O)O)c1C.[AlH3]. The molecule has 2 nitrogen and oxygen atoms in total. The molecule has 1 rings (SSSR count). The Kier molecular flexibility index (Phi) is 4.02. The molecule has 64 valence electrons. The van der Waals surface area contributed by atoms with E-state index in [-0.39, 0.29) is 17.4 Å². The summed E-state index contributed by atoms with van der Waals surface area (Å²) in [6.45, 7) is 3.72. The molecule has 1 N–H and O–H groups in total. The number of aromatic carboxylic acids is 1. The van der Waals surface area contributed by atoms with E-state index < -0.39 is 5.97 Å². The standard InChI is InChI=1S/C9H10O2.Al.3H/c1-6-4-3-5-8(7(6)2)9(10)11;;;;/h3-5H,1-2H3,(H,10,11);;;;. The molecular weight excluding hydrogens is 167 g/mol. The fourth-order valence-electron chi connectivity index (χ4n) is 0.983. The second-order valence-electron chi connectivity index (χ2n) is 2.55. The average Bonchev–Trinajstić information content (AvgIpc) is 1.94. The molecule has 1 aromatic carbocycles. The van der Waals surface area contributed by atoms with Gasteiger partial charge in [-0.2, -0.15) is 0 Å². The molecule has 0 aromatic heterocycles. The van der Waals surface area contributed by atoms with Gasteiger partial charge in [-0.1, -0.05) is 12.1 Å². The second-order valence-corrected chi connectivity index (χ2v) is 2.55. The van der Waals surface area contributed by atoms with Crippen molar-refractivity contribution in [1.29, 1.82) is 0 Å². The topological polar surface area (TPSA) is 37.3 Å². The Morgan fingerprint density at radius 1 is 1.33 bits per heavy atom. The Balaban J connectivity index is 0.00000121. The van der Waals surface area contributed by atoms with E-state index >= 15 is 0 Å². The summed E-state index contributed by atoms with van der Waals surface area (Å²) < 4.78 is 0. The third-order valence-corrected chi connectivity index (χ3v) is 1.84. The van der Waals surface area contributed by atoms with Gasteiger partial charge in [-0.3, -0.25) is 0 Å². The zero-order valence-electron chi connectivity index (χ0n) is 6.59. The van der Waals surface area contributed by atoms with Crippen molar-refractivity contribution in [2.24, 2.45) is 0 Å². The highest BCUT2D eigenvalue weighted by Crippen LogP contribution is 2.11. The predicted octanol–water partition coefficient (Wildman–Crippen LogP) is 0.818. The second kappa shape index (κ2) is 4.30. The van der Waals surface area contributed by atoms with Crippen LogP contribution in [0.4, 0.5) is 0 Å². The Labute approximate surface area is 82.4 Å². The molecule has 3 heteroatoms. The first-order chi connectivity index (χ1) is 5.13. The highest BCUT2D eigenvalue weighted by atomic mass is 27.0. The largest absolute Gasteiger partial charge is 0.478 e. The van der Waals surface area contributed by atoms with Crippen LogP contribution in [0.2, 0.25) is 0 Å². The van der Waals surface area contributed by atoms with Crippen molar-refractivity contribution in [3.8, 4) is 0 Å². The molecule has 1 aromatic rings. The first-order valence-corrected chi connectivity index (χ1v) is 3.42. The van der Waals surface area contributed by atoms with Crippen molar-refractivity contribution >= 4 is 23.3 Å². The minimum atomic E-state index is -0.855. The maximum Gasteiger partial charge on any atom is 0.335 e. The number of carbonyl (C=O) groups is 1. The van der Waals surface area contributed by atoms with Crippen LogP contribution in [0.25, 0.3) is 0 Å². The van der Waals surface area contributed by atoms with Crippen molar-refractivity contribution in [3.63, 3.8) is 0 Å². The summed E-state index contributed by atoms with van der Waals surface area (Å²) >= 11 is 0. The van der Waals surface area contributed by atoms with Gasteiger partial charge in [0, 0.05) is 0 Å². The number of aryl methyl sites for hydroxylation is 1. The summed E-state index contributed by atoms with van der Waals surface area (Å²) in [6.07, 6.45) is 0. The Hall–Kier alpha value is -0.778. The van der Waals surface area contributed by atoms with E-state index in [2.05, 4.69) is 0 Å². The zero-order chi connectivity index (χ0) is 8.43. The average molecular weight is 180 g/mol. The number of carboxylic acid groups (broad SMARTS) is 1. The number of rotatable bonds is 1. The summed E-state index contributed by atoms with van der Waals surface area (Å²) in [5.41, 5.74) is 2.26. The van der Waals surface area contributed by atoms with Gasteiger partial charge in [0.05, 0.1) is 5.56 Å². The van der Waals surface area contributed by atoms with E-state index in [1.165, 1.54) is 0 Å². The number of carboxylic acids is 1. The van der Waals surface area contributed by atoms with Gasteiger partial charge in [0.15, 0.2) is 17.4 Å². The van der Waals surface area contributed by atoms with Gasteiger partial charge < -0.3 is 5.11 Å². The number of hydrogen-bond acceptors (Lipinski definition) is 1. The molecule has 0 bridgehead atoms. The van der Waals surface area contributed by atoms with Crippen LogP contribution in [-0.4, -0.2) is 28.4 Å². The van der Waals surface area contributed by atoms with Crippen LogP contribution in [0.15, 0.2) is 18.2 Å². The summed E-state index contributed by atoms with van der Waals surface area (Å²) in [5.74, 6) is -0.855. The van der Waals surface area contributed by atoms with Crippen molar-refractivity contribution < 1.29 is 9.90 Å². The molecule has 0 fully saturated rings. The molecule has 0 amide bonds. The lowest BCUT2D eigenvalue weighted by atomic mass is 10.0. The highest BCUT2D eigenvalue weighted by molar-refractivity contribution is 5.89. The Morgan fingerprint density at radius 3 is 2.33 bits per heavy atom. The summed E-state index contributed by atoms with van der Waals surface area (Å²) in [6, 6.07) is 5.28. The molecule has 0 unspecified atom stereocenters. The maximum absolute atomic E-state index is 10.6. The molecule has 0 aliphatic carbocycles. The van der Waals surface area contributed by atoms with E-state index in [1.54, 1.807) is 12.1 Å². The summed E-state index contributed by atoms with van der Waals surface area (Å²) in [5, 5.41) is 8.69. The first kappa shape index (κ1) is 11.2. The predicted molar refractivity (Wildman–Crippen MR) is 52.8 cm³/mol. The number of hydrogen-bond donors (Lipinski definition) is 1. The van der Waals surface area contributed by atoms with E-state index in [0.717, 1.165) is 11.1 Å². The summed E-state index contributed by atoms with van der Waals surface area (Å²) in [4.78, 5) is 10.6. The molecular formula is C9H13AlO2. The Morgan fingerprint density at radius 2 is 1.92 bits per heavy atom. The maximum atomic E-state index is 10.6. The lowest BCUT2D eigenvalue weighted by Gasteiger charge is -2.02. The van der Waals surface area contributed by atoms with Crippen LogP contribution in [-0.2, 0) is 0 Å². The van der Waals surface area contributed by atoms with Gasteiger partial charge in [0.25, 0.3) is 0 Å². The van der Waals surface area contributed by atoms with E-state index in [0.29, 0.717) is 5.56 Å². The smallest absolute Gasteiger partial charge is 0.335 e. The van der Waals surface area contributed by atoms with Gasteiger partial charge in [0.2, 0.25) is 0 Å². The minimum Gasteiger partial charge on any atom is -0.478 e. The fourth-order valence-corrected chi connectivity index (χ4v) is 0.983. The van der Waals surface area contributed by atoms with Crippen molar-refractivity contribution in [2.45, 2.75) is 13.8 Å². The molecule has 0 atom stereocenters. The highest BCUT2D eigenvalue weighted by Gasteiger charge is 2.06. The molecule has 0 saturated heterocycles. The molecule has 12 heavy (non-hydrogen) atoms. The van der Waals surface area contributed by atoms with Gasteiger partial charge in [0.1, 0.15) is 0 Å². The van der Waals surface area contributed by atoms with Crippen molar-refractivity contribution in [1.82, 2.24) is 0 Å². The monoisotopic (exact) mass is 180 g/mol. The van der Waals surface area contributed by atoms with Crippen LogP contribution >= 0.6 is 0 Å². The van der Waals surface area contributed by atoms with Gasteiger partial charge in [-0.05, 0) is 31.0 Å². The third-order valence-electron chi connectivity index (χ3n) is 1.84. The zero-order valence-corrected chi connectivity index (χ0v) is 6.59. The van der Waals surface area contributed by atoms with Crippen LogP contribution in [0.5, 0.6) is 0 Å². The fraction of sp³-hybridized carbons (Fsp3) is 0.222. The number of benzene rings is 1. The van der Waals surface area contributed by atoms with E-state index in [4.69, 9.17) is 5.11 Å². The molecule has 0 aliphatic heterocycles. The summed E-state index contributed by atoms with van der Waals surface area (Å²) in [7, 11) is 0. The normalized spacial score (nSPS) is 8.83. The van der Waals surface area contributed by atoms with E-state index in [9.17, 15) is 4.79 Å². The van der Waals surface area contributed by atoms with Crippen LogP contribution in [0, 0.1) is 13.8 Å².